The Morgan fingerprint density at radius 3 is 2.95 bits per heavy atom. The molecule has 1 aliphatic rings. The molecular formula is C16H20N4O2. The number of nitrogens with zero attached hydrogens (tertiary/aromatic N) is 3. The van der Waals surface area contributed by atoms with Crippen LogP contribution in [0.25, 0.3) is 0 Å². The number of ether oxygens (including phenoxy) is 1. The summed E-state index contributed by atoms with van der Waals surface area (Å²) in [5.74, 6) is 2.64. The topological polar surface area (TPSA) is 71.1 Å². The molecule has 1 saturated heterocycles. The molecule has 1 amide bonds. The maximum atomic E-state index is 11.8. The number of likely N-dealkylation sites (N-methyl/N-ethyl adjacent to an activating group) is 1. The first kappa shape index (κ1) is 14.6. The number of hydrogen-bond donors (Lipinski definition) is 1. The van der Waals surface area contributed by atoms with Crippen LogP contribution >= 0.6 is 0 Å². The fraction of sp³-hybridized carbons (Fsp3) is 0.438. The van der Waals surface area contributed by atoms with Gasteiger partial charge in [-0.05, 0) is 13.0 Å². The van der Waals surface area contributed by atoms with Crippen LogP contribution < -0.4 is 4.74 Å². The number of likely N-dealkylation sites (tertiary alicyclic amines) is 1. The normalized spacial score (nSPS) is 18.0. The monoisotopic (exact) mass is 300 g/mol. The van der Waals surface area contributed by atoms with Crippen molar-refractivity contribution in [3.63, 3.8) is 0 Å². The minimum absolute atomic E-state index is 0.0927. The van der Waals surface area contributed by atoms with Gasteiger partial charge < -0.3 is 9.64 Å². The summed E-state index contributed by atoms with van der Waals surface area (Å²) in [6, 6.07) is 7.86. The Kier molecular flexibility index (Phi) is 4.09. The summed E-state index contributed by atoms with van der Waals surface area (Å²) < 4.78 is 5.35. The van der Waals surface area contributed by atoms with E-state index in [1.165, 1.54) is 0 Å². The van der Waals surface area contributed by atoms with E-state index in [1.54, 1.807) is 7.11 Å². The molecule has 0 radical (unpaired) electrons. The van der Waals surface area contributed by atoms with E-state index in [-0.39, 0.29) is 11.8 Å². The lowest BCUT2D eigenvalue weighted by molar-refractivity contribution is -0.127. The molecule has 6 nitrogen and oxygen atoms in total. The first-order valence-corrected chi connectivity index (χ1v) is 7.52. The molecule has 0 bridgehead atoms. The standard InChI is InChI=1S/C16H20N4O2/c1-3-20-10-12(9-15(20)21)16-17-14(18-19-16)8-11-6-4-5-7-13(11)22-2/h4-7,12H,3,8-10H2,1-2H3,(H,17,18,19). The number of carbonyl (C=O) groups is 1. The molecule has 2 aromatic rings. The number of para-hydroxylation sites is 1. The third-order valence-corrected chi connectivity index (χ3v) is 4.06. The molecular weight excluding hydrogens is 280 g/mol. The number of aromatic nitrogens is 3. The van der Waals surface area contributed by atoms with Gasteiger partial charge in [-0.25, -0.2) is 4.98 Å². The van der Waals surface area contributed by atoms with Crippen LogP contribution in [0.15, 0.2) is 24.3 Å². The smallest absolute Gasteiger partial charge is 0.223 e. The maximum Gasteiger partial charge on any atom is 0.223 e. The molecule has 6 heteroatoms. The van der Waals surface area contributed by atoms with Gasteiger partial charge in [0.25, 0.3) is 0 Å². The van der Waals surface area contributed by atoms with Crippen molar-refractivity contribution in [2.45, 2.75) is 25.7 Å². The Hall–Kier alpha value is -2.37. The lowest BCUT2D eigenvalue weighted by Gasteiger charge is -2.11. The Labute approximate surface area is 129 Å². The minimum Gasteiger partial charge on any atom is -0.496 e. The van der Waals surface area contributed by atoms with Crippen molar-refractivity contribution in [1.82, 2.24) is 20.1 Å². The predicted octanol–water partition coefficient (Wildman–Crippen LogP) is 1.74. The van der Waals surface area contributed by atoms with E-state index in [0.29, 0.717) is 19.4 Å². The first-order valence-electron chi connectivity index (χ1n) is 7.52. The summed E-state index contributed by atoms with van der Waals surface area (Å²) in [5, 5.41) is 7.28. The van der Waals surface area contributed by atoms with Gasteiger partial charge in [0.2, 0.25) is 5.91 Å². The zero-order chi connectivity index (χ0) is 15.5. The molecule has 1 aliphatic heterocycles. The van der Waals surface area contributed by atoms with Crippen LogP contribution in [-0.4, -0.2) is 46.2 Å². The van der Waals surface area contributed by atoms with Gasteiger partial charge in [-0.15, -0.1) is 0 Å². The van der Waals surface area contributed by atoms with E-state index in [4.69, 9.17) is 4.74 Å². The lowest BCUT2D eigenvalue weighted by Crippen LogP contribution is -2.24. The van der Waals surface area contributed by atoms with Crippen molar-refractivity contribution in [2.24, 2.45) is 0 Å². The Bertz CT molecular complexity index is 668. The third kappa shape index (κ3) is 2.81. The van der Waals surface area contributed by atoms with E-state index < -0.39 is 0 Å². The molecule has 0 aliphatic carbocycles. The second kappa shape index (κ2) is 6.17. The van der Waals surface area contributed by atoms with Gasteiger partial charge in [0.15, 0.2) is 5.82 Å². The highest BCUT2D eigenvalue weighted by Crippen LogP contribution is 2.26. The molecule has 0 spiro atoms. The number of amides is 1. The molecule has 22 heavy (non-hydrogen) atoms. The number of benzene rings is 1. The highest BCUT2D eigenvalue weighted by Gasteiger charge is 2.32. The quantitative estimate of drug-likeness (QED) is 0.913. The van der Waals surface area contributed by atoms with Crippen molar-refractivity contribution in [2.75, 3.05) is 20.2 Å². The van der Waals surface area contributed by atoms with Crippen molar-refractivity contribution in [3.05, 3.63) is 41.5 Å². The molecule has 116 valence electrons. The molecule has 1 atom stereocenters. The van der Waals surface area contributed by atoms with Crippen molar-refractivity contribution in [1.29, 1.82) is 0 Å². The second-order valence-electron chi connectivity index (χ2n) is 5.46. The van der Waals surface area contributed by atoms with E-state index in [9.17, 15) is 4.79 Å². The molecule has 1 aromatic heterocycles. The summed E-state index contributed by atoms with van der Waals surface area (Å²) in [7, 11) is 1.66. The van der Waals surface area contributed by atoms with Gasteiger partial charge in [0.1, 0.15) is 11.6 Å². The molecule has 3 rings (SSSR count). The fourth-order valence-corrected chi connectivity index (χ4v) is 2.85. The van der Waals surface area contributed by atoms with Crippen LogP contribution in [0.1, 0.15) is 36.5 Å². The Morgan fingerprint density at radius 1 is 1.41 bits per heavy atom. The third-order valence-electron chi connectivity index (χ3n) is 4.06. The average molecular weight is 300 g/mol. The van der Waals surface area contributed by atoms with Gasteiger partial charge in [-0.1, -0.05) is 18.2 Å². The Balaban J connectivity index is 1.73. The number of nitrogens with one attached hydrogen (secondary N) is 1. The molecule has 1 aromatic carbocycles. The number of rotatable bonds is 5. The minimum atomic E-state index is 0.0927. The van der Waals surface area contributed by atoms with E-state index in [1.807, 2.05) is 36.1 Å². The molecule has 0 saturated carbocycles. The molecule has 1 N–H and O–H groups in total. The molecule has 2 heterocycles. The first-order chi connectivity index (χ1) is 10.7. The van der Waals surface area contributed by atoms with Crippen LogP contribution in [-0.2, 0) is 11.2 Å². The Morgan fingerprint density at radius 2 is 2.23 bits per heavy atom. The van der Waals surface area contributed by atoms with Gasteiger partial charge in [-0.2, -0.15) is 5.10 Å². The van der Waals surface area contributed by atoms with Crippen LogP contribution in [0.5, 0.6) is 5.75 Å². The number of aromatic amines is 1. The van der Waals surface area contributed by atoms with Crippen LogP contribution in [0, 0.1) is 0 Å². The van der Waals surface area contributed by atoms with E-state index in [0.717, 1.165) is 29.5 Å². The van der Waals surface area contributed by atoms with Gasteiger partial charge in [0, 0.05) is 37.4 Å². The molecule has 1 fully saturated rings. The highest BCUT2D eigenvalue weighted by molar-refractivity contribution is 5.79. The number of carbonyl (C=O) groups excluding carboxylic acids is 1. The van der Waals surface area contributed by atoms with Crippen molar-refractivity contribution in [3.8, 4) is 5.75 Å². The summed E-state index contributed by atoms with van der Waals surface area (Å²) in [4.78, 5) is 18.2. The number of H-pyrrole nitrogens is 1. The van der Waals surface area contributed by atoms with Crippen molar-refractivity contribution < 1.29 is 9.53 Å². The van der Waals surface area contributed by atoms with Crippen LogP contribution in [0.2, 0.25) is 0 Å². The zero-order valence-corrected chi connectivity index (χ0v) is 12.9. The fourth-order valence-electron chi connectivity index (χ4n) is 2.85. The second-order valence-corrected chi connectivity index (χ2v) is 5.46. The van der Waals surface area contributed by atoms with E-state index >= 15 is 0 Å². The highest BCUT2D eigenvalue weighted by atomic mass is 16.5. The molecule has 1 unspecified atom stereocenters. The summed E-state index contributed by atoms with van der Waals surface area (Å²) in [6.07, 6.45) is 1.13. The number of methoxy groups -OCH3 is 1. The maximum absolute atomic E-state index is 11.8. The van der Waals surface area contributed by atoms with Gasteiger partial charge >= 0.3 is 0 Å². The van der Waals surface area contributed by atoms with E-state index in [2.05, 4.69) is 15.2 Å². The predicted molar refractivity (Wildman–Crippen MR) is 81.8 cm³/mol. The lowest BCUT2D eigenvalue weighted by atomic mass is 10.1. The average Bonchev–Trinajstić information content (AvgIpc) is 3.14. The summed E-state index contributed by atoms with van der Waals surface area (Å²) in [6.45, 7) is 3.44. The summed E-state index contributed by atoms with van der Waals surface area (Å²) in [5.41, 5.74) is 1.06. The zero-order valence-electron chi connectivity index (χ0n) is 12.9. The van der Waals surface area contributed by atoms with Gasteiger partial charge in [0.05, 0.1) is 7.11 Å². The number of hydrogen-bond acceptors (Lipinski definition) is 4. The van der Waals surface area contributed by atoms with Crippen LogP contribution in [0.4, 0.5) is 0 Å². The summed E-state index contributed by atoms with van der Waals surface area (Å²) >= 11 is 0. The largest absolute Gasteiger partial charge is 0.496 e. The van der Waals surface area contributed by atoms with Crippen molar-refractivity contribution >= 4 is 5.91 Å². The van der Waals surface area contributed by atoms with Crippen LogP contribution in [0.3, 0.4) is 0 Å². The SMILES string of the molecule is CCN1CC(c2n[nH]c(Cc3ccccc3OC)n2)CC1=O. The van der Waals surface area contributed by atoms with Gasteiger partial charge in [-0.3, -0.25) is 9.89 Å².